The minimum Gasteiger partial charge on any atom is -0.314 e. The van der Waals surface area contributed by atoms with Crippen LogP contribution in [0.25, 0.3) is 0 Å². The fraction of sp³-hybridized carbons (Fsp3) is 0.647. The molecule has 1 aromatic carbocycles. The number of halogens is 2. The second-order valence-electron chi connectivity index (χ2n) is 5.93. The Labute approximate surface area is 136 Å². The summed E-state index contributed by atoms with van der Waals surface area (Å²) in [6.07, 6.45) is 9.43. The van der Waals surface area contributed by atoms with E-state index in [-0.39, 0.29) is 0 Å². The van der Waals surface area contributed by atoms with Gasteiger partial charge in [-0.1, -0.05) is 72.6 Å². The van der Waals surface area contributed by atoms with Gasteiger partial charge in [0.15, 0.2) is 0 Å². The maximum Gasteiger partial charge on any atom is 0.0449 e. The molecule has 1 saturated carbocycles. The summed E-state index contributed by atoms with van der Waals surface area (Å²) in [6.45, 7) is 3.22. The first-order chi connectivity index (χ1) is 9.69. The van der Waals surface area contributed by atoms with Crippen molar-refractivity contribution in [3.05, 3.63) is 33.3 Å². The minimum absolute atomic E-state index is 0.557. The van der Waals surface area contributed by atoms with Crippen LogP contribution in [0.2, 0.25) is 5.02 Å². The second kappa shape index (κ2) is 8.41. The highest BCUT2D eigenvalue weighted by molar-refractivity contribution is 9.10. The number of rotatable bonds is 6. The summed E-state index contributed by atoms with van der Waals surface area (Å²) in [7, 11) is 0. The van der Waals surface area contributed by atoms with E-state index in [9.17, 15) is 0 Å². The Morgan fingerprint density at radius 3 is 2.70 bits per heavy atom. The van der Waals surface area contributed by atoms with E-state index in [0.29, 0.717) is 6.04 Å². The van der Waals surface area contributed by atoms with Crippen LogP contribution in [0.1, 0.15) is 51.0 Å². The zero-order valence-corrected chi connectivity index (χ0v) is 14.6. The van der Waals surface area contributed by atoms with Crippen molar-refractivity contribution < 1.29 is 0 Å². The van der Waals surface area contributed by atoms with Crippen LogP contribution in [0.15, 0.2) is 22.7 Å². The molecule has 1 atom stereocenters. The van der Waals surface area contributed by atoms with Gasteiger partial charge in [0.2, 0.25) is 0 Å². The smallest absolute Gasteiger partial charge is 0.0449 e. The van der Waals surface area contributed by atoms with Crippen molar-refractivity contribution in [1.82, 2.24) is 5.32 Å². The lowest BCUT2D eigenvalue weighted by atomic mass is 9.83. The first-order valence-electron chi connectivity index (χ1n) is 7.86. The molecule has 1 N–H and O–H groups in total. The summed E-state index contributed by atoms with van der Waals surface area (Å²) in [6, 6.07) is 6.80. The van der Waals surface area contributed by atoms with Crippen molar-refractivity contribution in [2.24, 2.45) is 5.92 Å². The molecule has 0 aliphatic heterocycles. The van der Waals surface area contributed by atoms with Crippen molar-refractivity contribution in [3.8, 4) is 0 Å². The molecule has 2 rings (SSSR count). The quantitative estimate of drug-likeness (QED) is 0.698. The number of nitrogens with one attached hydrogen (secondary N) is 1. The summed E-state index contributed by atoms with van der Waals surface area (Å²) in [5.41, 5.74) is 1.26. The van der Waals surface area contributed by atoms with Gasteiger partial charge >= 0.3 is 0 Å². The SMILES string of the molecule is CCNC(Cc1ccc(Br)cc1Cl)CC1CCCCC1. The third kappa shape index (κ3) is 5.05. The van der Waals surface area contributed by atoms with Gasteiger partial charge in [-0.15, -0.1) is 0 Å². The molecule has 0 spiro atoms. The molecule has 3 heteroatoms. The van der Waals surface area contributed by atoms with Crippen LogP contribution in [0, 0.1) is 5.92 Å². The minimum atomic E-state index is 0.557. The van der Waals surface area contributed by atoms with Gasteiger partial charge in [-0.25, -0.2) is 0 Å². The van der Waals surface area contributed by atoms with Crippen LogP contribution >= 0.6 is 27.5 Å². The second-order valence-corrected chi connectivity index (χ2v) is 7.26. The normalized spacial score (nSPS) is 18.1. The molecular formula is C17H25BrClN. The molecule has 1 aromatic rings. The zero-order valence-electron chi connectivity index (χ0n) is 12.3. The van der Waals surface area contributed by atoms with Crippen LogP contribution in [-0.4, -0.2) is 12.6 Å². The average molecular weight is 359 g/mol. The Morgan fingerprint density at radius 1 is 1.30 bits per heavy atom. The lowest BCUT2D eigenvalue weighted by Crippen LogP contribution is -2.33. The van der Waals surface area contributed by atoms with Gasteiger partial charge in [0.25, 0.3) is 0 Å². The van der Waals surface area contributed by atoms with Gasteiger partial charge in [0, 0.05) is 15.5 Å². The zero-order chi connectivity index (χ0) is 14.4. The summed E-state index contributed by atoms with van der Waals surface area (Å²) >= 11 is 9.83. The van der Waals surface area contributed by atoms with Gasteiger partial charge in [-0.05, 0) is 43.0 Å². The van der Waals surface area contributed by atoms with E-state index < -0.39 is 0 Å². The number of hydrogen-bond donors (Lipinski definition) is 1. The largest absolute Gasteiger partial charge is 0.314 e. The lowest BCUT2D eigenvalue weighted by molar-refractivity contribution is 0.298. The molecule has 0 amide bonds. The fourth-order valence-electron chi connectivity index (χ4n) is 3.31. The van der Waals surface area contributed by atoms with E-state index in [1.807, 2.05) is 6.07 Å². The van der Waals surface area contributed by atoms with Gasteiger partial charge in [0.05, 0.1) is 0 Å². The predicted molar refractivity (Wildman–Crippen MR) is 91.5 cm³/mol. The molecule has 0 aromatic heterocycles. The molecule has 0 saturated heterocycles. The molecule has 0 bridgehead atoms. The van der Waals surface area contributed by atoms with Crippen molar-refractivity contribution in [2.75, 3.05) is 6.54 Å². The molecule has 0 radical (unpaired) electrons. The van der Waals surface area contributed by atoms with E-state index in [1.165, 1.54) is 44.1 Å². The van der Waals surface area contributed by atoms with E-state index in [2.05, 4.69) is 40.3 Å². The van der Waals surface area contributed by atoms with E-state index in [4.69, 9.17) is 11.6 Å². The molecule has 1 aliphatic carbocycles. The number of hydrogen-bond acceptors (Lipinski definition) is 1. The molecule has 1 fully saturated rings. The first-order valence-corrected chi connectivity index (χ1v) is 9.03. The van der Waals surface area contributed by atoms with E-state index in [0.717, 1.165) is 28.4 Å². The fourth-order valence-corrected chi connectivity index (χ4v) is 4.06. The summed E-state index contributed by atoms with van der Waals surface area (Å²) < 4.78 is 1.05. The highest BCUT2D eigenvalue weighted by atomic mass is 79.9. The van der Waals surface area contributed by atoms with Crippen LogP contribution in [0.5, 0.6) is 0 Å². The average Bonchev–Trinajstić information content (AvgIpc) is 2.43. The Bertz CT molecular complexity index is 415. The third-order valence-corrected chi connectivity index (χ3v) is 5.16. The highest BCUT2D eigenvalue weighted by Crippen LogP contribution is 2.29. The van der Waals surface area contributed by atoms with E-state index in [1.54, 1.807) is 0 Å². The van der Waals surface area contributed by atoms with Crippen LogP contribution < -0.4 is 5.32 Å². The molecule has 0 heterocycles. The molecule has 1 unspecified atom stereocenters. The van der Waals surface area contributed by atoms with Crippen molar-refractivity contribution >= 4 is 27.5 Å². The molecule has 1 nitrogen and oxygen atoms in total. The van der Waals surface area contributed by atoms with E-state index >= 15 is 0 Å². The number of benzene rings is 1. The van der Waals surface area contributed by atoms with Crippen LogP contribution in [0.3, 0.4) is 0 Å². The Morgan fingerprint density at radius 2 is 2.05 bits per heavy atom. The maximum absolute atomic E-state index is 6.36. The molecule has 20 heavy (non-hydrogen) atoms. The standard InChI is InChI=1S/C17H25BrClN/c1-2-20-16(10-13-6-4-3-5-7-13)11-14-8-9-15(18)12-17(14)19/h8-9,12-13,16,20H,2-7,10-11H2,1H3. The van der Waals surface area contributed by atoms with Crippen molar-refractivity contribution in [3.63, 3.8) is 0 Å². The van der Waals surface area contributed by atoms with Crippen LogP contribution in [-0.2, 0) is 6.42 Å². The van der Waals surface area contributed by atoms with Gasteiger partial charge < -0.3 is 5.32 Å². The predicted octanol–water partition coefficient (Wildman–Crippen LogP) is 5.59. The Hall–Kier alpha value is -0.0500. The van der Waals surface area contributed by atoms with Gasteiger partial charge in [-0.3, -0.25) is 0 Å². The molecule has 1 aliphatic rings. The summed E-state index contributed by atoms with van der Waals surface area (Å²) in [4.78, 5) is 0. The third-order valence-electron chi connectivity index (χ3n) is 4.32. The monoisotopic (exact) mass is 357 g/mol. The summed E-state index contributed by atoms with van der Waals surface area (Å²) in [5.74, 6) is 0.905. The first kappa shape index (κ1) is 16.3. The lowest BCUT2D eigenvalue weighted by Gasteiger charge is -2.27. The van der Waals surface area contributed by atoms with Crippen LogP contribution in [0.4, 0.5) is 0 Å². The Balaban J connectivity index is 1.96. The van der Waals surface area contributed by atoms with Crippen molar-refractivity contribution in [1.29, 1.82) is 0 Å². The summed E-state index contributed by atoms with van der Waals surface area (Å²) in [5, 5.41) is 4.53. The van der Waals surface area contributed by atoms with Gasteiger partial charge in [0.1, 0.15) is 0 Å². The van der Waals surface area contributed by atoms with Gasteiger partial charge in [-0.2, -0.15) is 0 Å². The Kier molecular flexibility index (Phi) is 6.86. The topological polar surface area (TPSA) is 12.0 Å². The maximum atomic E-state index is 6.36. The highest BCUT2D eigenvalue weighted by Gasteiger charge is 2.19. The van der Waals surface area contributed by atoms with Crippen molar-refractivity contribution in [2.45, 2.75) is 57.9 Å². The number of likely N-dealkylation sites (N-methyl/N-ethyl adjacent to an activating group) is 1. The molecular weight excluding hydrogens is 334 g/mol. The molecule has 112 valence electrons.